The van der Waals surface area contributed by atoms with E-state index in [2.05, 4.69) is 4.74 Å². The molecule has 3 aliphatic heterocycles. The molecule has 3 heterocycles. The fourth-order valence-corrected chi connectivity index (χ4v) is 3.50. The van der Waals surface area contributed by atoms with Gasteiger partial charge in [-0.05, 0) is 19.3 Å². The van der Waals surface area contributed by atoms with Gasteiger partial charge in [-0.15, -0.1) is 0 Å². The number of hydrogen-bond acceptors (Lipinski definition) is 7. The molecule has 0 unspecified atom stereocenters. The number of Topliss-reactive ketones (excluding diaryl/α,β-unsaturated/α-hetero) is 2. The Morgan fingerprint density at radius 1 is 1.09 bits per heavy atom. The normalized spacial score (nSPS) is 39.7. The summed E-state index contributed by atoms with van der Waals surface area (Å²) in [6, 6.07) is 0. The van der Waals surface area contributed by atoms with Crippen LogP contribution in [0, 0.1) is 0 Å². The van der Waals surface area contributed by atoms with Gasteiger partial charge in [-0.3, -0.25) is 14.4 Å². The Morgan fingerprint density at radius 2 is 1.83 bits per heavy atom. The van der Waals surface area contributed by atoms with Crippen LogP contribution in [0.25, 0.3) is 0 Å². The third-order valence-electron chi connectivity index (χ3n) is 4.69. The van der Waals surface area contributed by atoms with Gasteiger partial charge in [0.25, 0.3) is 0 Å². The summed E-state index contributed by atoms with van der Waals surface area (Å²) in [6.07, 6.45) is -1.16. The van der Waals surface area contributed by atoms with E-state index >= 15 is 0 Å². The number of carbonyl (C=O) groups excluding carboxylic acids is 3. The van der Waals surface area contributed by atoms with Gasteiger partial charge >= 0.3 is 5.97 Å². The van der Waals surface area contributed by atoms with Gasteiger partial charge in [0.2, 0.25) is 0 Å². The summed E-state index contributed by atoms with van der Waals surface area (Å²) in [6.45, 7) is 1.96. The van der Waals surface area contributed by atoms with Crippen molar-refractivity contribution in [3.05, 3.63) is 0 Å². The average molecular weight is 326 g/mol. The van der Waals surface area contributed by atoms with Crippen molar-refractivity contribution in [1.82, 2.24) is 0 Å². The molecule has 0 aromatic carbocycles. The maximum Gasteiger partial charge on any atom is 0.308 e. The maximum absolute atomic E-state index is 12.6. The van der Waals surface area contributed by atoms with Gasteiger partial charge in [-0.2, -0.15) is 0 Å². The van der Waals surface area contributed by atoms with Crippen molar-refractivity contribution in [2.45, 2.75) is 75.7 Å². The second-order valence-electron chi connectivity index (χ2n) is 6.27. The minimum Gasteiger partial charge on any atom is -0.469 e. The van der Waals surface area contributed by atoms with Crippen molar-refractivity contribution in [1.29, 1.82) is 0 Å². The molecular weight excluding hydrogens is 304 g/mol. The van der Waals surface area contributed by atoms with Crippen LogP contribution in [0.4, 0.5) is 0 Å². The molecule has 3 fully saturated rings. The summed E-state index contributed by atoms with van der Waals surface area (Å²) < 4.78 is 21.8. The van der Waals surface area contributed by atoms with E-state index in [1.807, 2.05) is 6.92 Å². The number of rotatable bonds is 4. The highest BCUT2D eigenvalue weighted by Gasteiger charge is 2.56. The van der Waals surface area contributed by atoms with Gasteiger partial charge in [0.1, 0.15) is 12.2 Å². The first-order chi connectivity index (χ1) is 11.0. The lowest BCUT2D eigenvalue weighted by molar-refractivity contribution is -0.207. The number of ketones is 2. The molecule has 3 rings (SSSR count). The third-order valence-corrected chi connectivity index (χ3v) is 4.69. The Labute approximate surface area is 134 Å². The zero-order valence-corrected chi connectivity index (χ0v) is 13.4. The van der Waals surface area contributed by atoms with Crippen molar-refractivity contribution < 1.29 is 33.3 Å². The molecule has 0 bridgehead atoms. The lowest BCUT2D eigenvalue weighted by atomic mass is 9.89. The van der Waals surface area contributed by atoms with Crippen LogP contribution < -0.4 is 0 Å². The van der Waals surface area contributed by atoms with Crippen LogP contribution in [-0.2, 0) is 33.3 Å². The van der Waals surface area contributed by atoms with Gasteiger partial charge in [-0.25, -0.2) is 0 Å². The fourth-order valence-electron chi connectivity index (χ4n) is 3.50. The summed E-state index contributed by atoms with van der Waals surface area (Å²) in [5.74, 6) is -0.751. The molecule has 0 spiro atoms. The number of hydrogen-bond donors (Lipinski definition) is 0. The summed E-state index contributed by atoms with van der Waals surface area (Å²) in [4.78, 5) is 36.3. The molecule has 23 heavy (non-hydrogen) atoms. The van der Waals surface area contributed by atoms with Gasteiger partial charge in [0.05, 0.1) is 25.7 Å². The number of ether oxygens (including phenoxy) is 4. The average Bonchev–Trinajstić information content (AvgIpc) is 2.85. The van der Waals surface area contributed by atoms with Crippen molar-refractivity contribution in [3.63, 3.8) is 0 Å². The summed E-state index contributed by atoms with van der Waals surface area (Å²) in [5.41, 5.74) is 0. The van der Waals surface area contributed by atoms with Gasteiger partial charge < -0.3 is 18.9 Å². The Morgan fingerprint density at radius 3 is 2.52 bits per heavy atom. The third kappa shape index (κ3) is 3.05. The van der Waals surface area contributed by atoms with Crippen LogP contribution in [0.2, 0.25) is 0 Å². The Hall–Kier alpha value is -1.31. The van der Waals surface area contributed by atoms with Crippen molar-refractivity contribution in [3.8, 4) is 0 Å². The molecule has 0 radical (unpaired) electrons. The quantitative estimate of drug-likeness (QED) is 0.698. The van der Waals surface area contributed by atoms with E-state index in [0.717, 1.165) is 6.42 Å². The summed E-state index contributed by atoms with van der Waals surface area (Å²) >= 11 is 0. The Kier molecular flexibility index (Phi) is 4.79. The zero-order chi connectivity index (χ0) is 16.6. The van der Waals surface area contributed by atoms with Crippen LogP contribution >= 0.6 is 0 Å². The lowest BCUT2D eigenvalue weighted by Crippen LogP contribution is -2.58. The molecule has 0 N–H and O–H groups in total. The SMILES string of the molecule is CCC[C@H]1O[C@H]2C(=O)[C@H]3O[C@@H](CC(=O)OC)CC[C@@H]3O[C@H]2C1=O. The summed E-state index contributed by atoms with van der Waals surface area (Å²) in [7, 11) is 1.32. The van der Waals surface area contributed by atoms with Crippen molar-refractivity contribution >= 4 is 17.5 Å². The van der Waals surface area contributed by atoms with E-state index in [1.165, 1.54) is 7.11 Å². The van der Waals surface area contributed by atoms with Gasteiger partial charge in [0, 0.05) is 0 Å². The molecule has 6 atom stereocenters. The van der Waals surface area contributed by atoms with E-state index in [9.17, 15) is 14.4 Å². The molecule has 0 aromatic rings. The monoisotopic (exact) mass is 326 g/mol. The predicted molar refractivity (Wildman–Crippen MR) is 76.8 cm³/mol. The smallest absolute Gasteiger partial charge is 0.308 e. The van der Waals surface area contributed by atoms with Crippen LogP contribution in [0.15, 0.2) is 0 Å². The van der Waals surface area contributed by atoms with Crippen molar-refractivity contribution in [2.75, 3.05) is 7.11 Å². The second kappa shape index (κ2) is 6.67. The van der Waals surface area contributed by atoms with Crippen LogP contribution in [0.5, 0.6) is 0 Å². The number of fused-ring (bicyclic) bond motifs is 2. The van der Waals surface area contributed by atoms with Gasteiger partial charge in [-0.1, -0.05) is 13.3 Å². The van der Waals surface area contributed by atoms with E-state index in [-0.39, 0.29) is 30.1 Å². The zero-order valence-electron chi connectivity index (χ0n) is 13.4. The van der Waals surface area contributed by atoms with E-state index < -0.39 is 30.5 Å². The molecule has 3 aliphatic rings. The van der Waals surface area contributed by atoms with E-state index in [4.69, 9.17) is 14.2 Å². The highest BCUT2D eigenvalue weighted by atomic mass is 16.6. The van der Waals surface area contributed by atoms with E-state index in [0.29, 0.717) is 19.3 Å². The lowest BCUT2D eigenvalue weighted by Gasteiger charge is -2.41. The number of esters is 1. The molecule has 0 amide bonds. The molecule has 128 valence electrons. The Balaban J connectivity index is 1.69. The number of methoxy groups -OCH3 is 1. The first-order valence-corrected chi connectivity index (χ1v) is 8.15. The minimum atomic E-state index is -0.878. The van der Waals surface area contributed by atoms with Crippen LogP contribution in [-0.4, -0.2) is 61.3 Å². The molecule has 7 heteroatoms. The first kappa shape index (κ1) is 16.5. The second-order valence-corrected chi connectivity index (χ2v) is 6.27. The topological polar surface area (TPSA) is 88.1 Å². The standard InChI is InChI=1S/C16H22O7/c1-3-4-9-12(18)15-16(22-9)13(19)14-10(23-15)6-5-8(21-14)7-11(17)20-2/h8-10,14-16H,3-7H2,1-2H3/t8-,9-,10+,14+,15+,16+/m1/s1. The molecule has 3 saturated heterocycles. The minimum absolute atomic E-state index is 0.110. The highest BCUT2D eigenvalue weighted by Crippen LogP contribution is 2.36. The van der Waals surface area contributed by atoms with Crippen LogP contribution in [0.3, 0.4) is 0 Å². The number of carbonyl (C=O) groups is 3. The molecule has 0 aromatic heterocycles. The Bertz CT molecular complexity index is 503. The van der Waals surface area contributed by atoms with E-state index in [1.54, 1.807) is 0 Å². The van der Waals surface area contributed by atoms with Crippen molar-refractivity contribution in [2.24, 2.45) is 0 Å². The molecule has 0 saturated carbocycles. The largest absolute Gasteiger partial charge is 0.469 e. The summed E-state index contributed by atoms with van der Waals surface area (Å²) in [5, 5.41) is 0. The van der Waals surface area contributed by atoms with Gasteiger partial charge in [0.15, 0.2) is 23.8 Å². The van der Waals surface area contributed by atoms with Crippen LogP contribution in [0.1, 0.15) is 39.0 Å². The maximum atomic E-state index is 12.6. The first-order valence-electron chi connectivity index (χ1n) is 8.15. The fraction of sp³-hybridized carbons (Fsp3) is 0.812. The molecule has 0 aliphatic carbocycles. The molecule has 7 nitrogen and oxygen atoms in total. The highest BCUT2D eigenvalue weighted by molar-refractivity contribution is 6.00. The predicted octanol–water partition coefficient (Wildman–Crippen LogP) is 0.570. The molecular formula is C16H22O7.